The molecule has 1 aromatic carbocycles. The predicted molar refractivity (Wildman–Crippen MR) is 108 cm³/mol. The van der Waals surface area contributed by atoms with Crippen molar-refractivity contribution in [3.05, 3.63) is 17.7 Å². The second kappa shape index (κ2) is 11.0. The Morgan fingerprint density at radius 1 is 1.00 bits per heavy atom. The molecule has 4 amide bonds. The summed E-state index contributed by atoms with van der Waals surface area (Å²) in [4.78, 5) is 48.1. The van der Waals surface area contributed by atoms with Crippen molar-refractivity contribution >= 4 is 29.5 Å². The molecule has 0 aromatic heterocycles. The number of rotatable bonds is 7. The molecule has 1 saturated carbocycles. The van der Waals surface area contributed by atoms with E-state index < -0.39 is 24.5 Å². The van der Waals surface area contributed by atoms with Crippen molar-refractivity contribution in [2.75, 3.05) is 33.2 Å². The maximum atomic E-state index is 12.7. The molecule has 1 aliphatic carbocycles. The standard InChI is InChI=1S/C20H27N3O7/c1-21-20(27)23-17(24)11-30-19(26)13-9-15(28-2)16(29-3)10-14(13)22-18(25)12-7-5-4-6-8-12/h9-10,12H,4-8,11H2,1-3H3,(H,22,25)(H2,21,23,24,27). The lowest BCUT2D eigenvalue weighted by Crippen LogP contribution is -2.39. The summed E-state index contributed by atoms with van der Waals surface area (Å²) in [6.07, 6.45) is 4.66. The summed E-state index contributed by atoms with van der Waals surface area (Å²) in [6.45, 7) is -0.670. The Bertz CT molecular complexity index is 804. The molecule has 0 unspecified atom stereocenters. The van der Waals surface area contributed by atoms with E-state index in [0.717, 1.165) is 32.1 Å². The van der Waals surface area contributed by atoms with Crippen LogP contribution in [0.2, 0.25) is 0 Å². The van der Waals surface area contributed by atoms with Gasteiger partial charge in [-0.05, 0) is 12.8 Å². The van der Waals surface area contributed by atoms with Crippen LogP contribution in [0.3, 0.4) is 0 Å². The smallest absolute Gasteiger partial charge is 0.340 e. The molecular weight excluding hydrogens is 394 g/mol. The SMILES string of the molecule is CNC(=O)NC(=O)COC(=O)c1cc(OC)c(OC)cc1NC(=O)C1CCCCC1. The van der Waals surface area contributed by atoms with E-state index in [2.05, 4.69) is 10.6 Å². The Labute approximate surface area is 174 Å². The van der Waals surface area contributed by atoms with E-state index in [9.17, 15) is 19.2 Å². The van der Waals surface area contributed by atoms with Gasteiger partial charge in [0.2, 0.25) is 5.91 Å². The number of imide groups is 1. The lowest BCUT2D eigenvalue weighted by molar-refractivity contribution is -0.123. The summed E-state index contributed by atoms with van der Waals surface area (Å²) in [5, 5.41) is 6.98. The quantitative estimate of drug-likeness (QED) is 0.572. The molecule has 164 valence electrons. The minimum absolute atomic E-state index is 0.00422. The number of carbonyl (C=O) groups excluding carboxylic acids is 4. The highest BCUT2D eigenvalue weighted by Gasteiger charge is 2.25. The highest BCUT2D eigenvalue weighted by Crippen LogP contribution is 2.34. The maximum Gasteiger partial charge on any atom is 0.340 e. The van der Waals surface area contributed by atoms with Gasteiger partial charge in [-0.25, -0.2) is 9.59 Å². The number of hydrogen-bond acceptors (Lipinski definition) is 7. The molecule has 10 nitrogen and oxygen atoms in total. The van der Waals surface area contributed by atoms with Crippen LogP contribution in [0.25, 0.3) is 0 Å². The van der Waals surface area contributed by atoms with E-state index in [1.807, 2.05) is 5.32 Å². The molecule has 30 heavy (non-hydrogen) atoms. The minimum atomic E-state index is -0.859. The molecule has 0 radical (unpaired) electrons. The van der Waals surface area contributed by atoms with Gasteiger partial charge in [-0.3, -0.25) is 14.9 Å². The number of nitrogens with one attached hydrogen (secondary N) is 3. The molecule has 0 atom stereocenters. The third-order valence-corrected chi connectivity index (χ3v) is 4.79. The van der Waals surface area contributed by atoms with Crippen LogP contribution >= 0.6 is 0 Å². The molecule has 3 N–H and O–H groups in total. The molecular formula is C20H27N3O7. The lowest BCUT2D eigenvalue weighted by Gasteiger charge is -2.22. The number of anilines is 1. The number of ether oxygens (including phenoxy) is 3. The Morgan fingerprint density at radius 2 is 1.63 bits per heavy atom. The fourth-order valence-electron chi connectivity index (χ4n) is 3.18. The van der Waals surface area contributed by atoms with Crippen LogP contribution in [0.4, 0.5) is 10.5 Å². The van der Waals surface area contributed by atoms with Gasteiger partial charge in [-0.15, -0.1) is 0 Å². The molecule has 0 spiro atoms. The van der Waals surface area contributed by atoms with Gasteiger partial charge >= 0.3 is 12.0 Å². The molecule has 0 aliphatic heterocycles. The van der Waals surface area contributed by atoms with E-state index in [-0.39, 0.29) is 28.8 Å². The number of benzene rings is 1. The van der Waals surface area contributed by atoms with Crippen molar-refractivity contribution in [1.29, 1.82) is 0 Å². The van der Waals surface area contributed by atoms with Crippen molar-refractivity contribution in [2.45, 2.75) is 32.1 Å². The fraction of sp³-hybridized carbons (Fsp3) is 0.500. The van der Waals surface area contributed by atoms with Crippen molar-refractivity contribution in [1.82, 2.24) is 10.6 Å². The van der Waals surface area contributed by atoms with Crippen LogP contribution in [-0.2, 0) is 14.3 Å². The van der Waals surface area contributed by atoms with E-state index >= 15 is 0 Å². The van der Waals surface area contributed by atoms with Gasteiger partial charge in [0.05, 0.1) is 25.5 Å². The predicted octanol–water partition coefficient (Wildman–Crippen LogP) is 1.83. The molecule has 2 rings (SSSR count). The first-order valence-corrected chi connectivity index (χ1v) is 9.65. The zero-order valence-electron chi connectivity index (χ0n) is 17.3. The maximum absolute atomic E-state index is 12.7. The molecule has 0 heterocycles. The summed E-state index contributed by atoms with van der Waals surface area (Å²) in [6, 6.07) is 2.12. The highest BCUT2D eigenvalue weighted by molar-refractivity contribution is 6.03. The van der Waals surface area contributed by atoms with E-state index in [0.29, 0.717) is 5.75 Å². The van der Waals surface area contributed by atoms with Gasteiger partial charge in [-0.2, -0.15) is 0 Å². The van der Waals surface area contributed by atoms with Gasteiger partial charge in [0.1, 0.15) is 0 Å². The summed E-state index contributed by atoms with van der Waals surface area (Å²) in [5.74, 6) is -1.39. The third kappa shape index (κ3) is 6.10. The molecule has 1 aromatic rings. The summed E-state index contributed by atoms with van der Waals surface area (Å²) < 4.78 is 15.5. The van der Waals surface area contributed by atoms with Gasteiger partial charge in [-0.1, -0.05) is 19.3 Å². The average Bonchev–Trinajstić information content (AvgIpc) is 2.77. The molecule has 0 saturated heterocycles. The van der Waals surface area contributed by atoms with Gasteiger partial charge < -0.3 is 24.8 Å². The van der Waals surface area contributed by atoms with Gasteiger partial charge in [0.25, 0.3) is 5.91 Å². The first-order valence-electron chi connectivity index (χ1n) is 9.65. The topological polar surface area (TPSA) is 132 Å². The van der Waals surface area contributed by atoms with Crippen molar-refractivity contribution in [3.63, 3.8) is 0 Å². The number of amides is 4. The summed E-state index contributed by atoms with van der Waals surface area (Å²) in [5.41, 5.74) is 0.199. The van der Waals surface area contributed by atoms with Crippen molar-refractivity contribution in [2.24, 2.45) is 5.92 Å². The first-order chi connectivity index (χ1) is 14.4. The van der Waals surface area contributed by atoms with E-state index in [1.54, 1.807) is 0 Å². The van der Waals surface area contributed by atoms with Crippen LogP contribution in [-0.4, -0.2) is 51.7 Å². The monoisotopic (exact) mass is 421 g/mol. The van der Waals surface area contributed by atoms with Crippen LogP contribution in [0, 0.1) is 5.92 Å². The number of hydrogen-bond donors (Lipinski definition) is 3. The van der Waals surface area contributed by atoms with Crippen LogP contribution in [0.5, 0.6) is 11.5 Å². The zero-order valence-corrected chi connectivity index (χ0v) is 17.3. The Hall–Kier alpha value is -3.30. The number of esters is 1. The van der Waals surface area contributed by atoms with Crippen LogP contribution in [0.1, 0.15) is 42.5 Å². The molecule has 1 fully saturated rings. The normalized spacial score (nSPS) is 13.7. The number of carbonyl (C=O) groups is 4. The highest BCUT2D eigenvalue weighted by atomic mass is 16.5. The molecule has 1 aliphatic rings. The fourth-order valence-corrected chi connectivity index (χ4v) is 3.18. The second-order valence-corrected chi connectivity index (χ2v) is 6.78. The van der Waals surface area contributed by atoms with E-state index in [1.165, 1.54) is 33.4 Å². The van der Waals surface area contributed by atoms with Crippen LogP contribution in [0.15, 0.2) is 12.1 Å². The van der Waals surface area contributed by atoms with E-state index in [4.69, 9.17) is 14.2 Å². The Morgan fingerprint density at radius 3 is 2.23 bits per heavy atom. The Kier molecular flexibility index (Phi) is 8.45. The minimum Gasteiger partial charge on any atom is -0.493 e. The van der Waals surface area contributed by atoms with Crippen molar-refractivity contribution < 1.29 is 33.4 Å². The second-order valence-electron chi connectivity index (χ2n) is 6.78. The van der Waals surface area contributed by atoms with Crippen molar-refractivity contribution in [3.8, 4) is 11.5 Å². The third-order valence-electron chi connectivity index (χ3n) is 4.79. The molecule has 10 heteroatoms. The van der Waals surface area contributed by atoms with Crippen LogP contribution < -0.4 is 25.4 Å². The lowest BCUT2D eigenvalue weighted by atomic mass is 9.88. The average molecular weight is 421 g/mol. The summed E-state index contributed by atoms with van der Waals surface area (Å²) in [7, 11) is 4.19. The van der Waals surface area contributed by atoms with Gasteiger partial charge in [0.15, 0.2) is 18.1 Å². The van der Waals surface area contributed by atoms with Gasteiger partial charge in [0, 0.05) is 25.1 Å². The first kappa shape index (κ1) is 23.0. The largest absolute Gasteiger partial charge is 0.493 e. The zero-order chi connectivity index (χ0) is 22.1. The molecule has 0 bridgehead atoms. The Balaban J connectivity index is 2.20. The summed E-state index contributed by atoms with van der Waals surface area (Å²) >= 11 is 0. The number of methoxy groups -OCH3 is 2. The number of urea groups is 1.